The molecule has 2 amide bonds. The first-order valence-corrected chi connectivity index (χ1v) is 10.6. The molecule has 1 aliphatic rings. The Morgan fingerprint density at radius 3 is 2.61 bits per heavy atom. The average molecular weight is 396 g/mol. The fourth-order valence-corrected chi connectivity index (χ4v) is 4.81. The van der Waals surface area contributed by atoms with E-state index in [1.54, 1.807) is 11.3 Å². The van der Waals surface area contributed by atoms with Gasteiger partial charge in [0.05, 0.1) is 16.8 Å². The number of benzene rings is 1. The molecule has 5 nitrogen and oxygen atoms in total. The van der Waals surface area contributed by atoms with Crippen molar-refractivity contribution in [1.29, 1.82) is 0 Å². The van der Waals surface area contributed by atoms with Gasteiger partial charge in [-0.3, -0.25) is 9.59 Å². The smallest absolute Gasteiger partial charge is 0.268 e. The number of thiophene rings is 1. The number of nitrogens with one attached hydrogen (secondary N) is 1. The number of nitrogens with zero attached hydrogens (tertiary/aromatic N) is 2. The van der Waals surface area contributed by atoms with Gasteiger partial charge in [0.25, 0.3) is 5.91 Å². The van der Waals surface area contributed by atoms with Crippen molar-refractivity contribution < 1.29 is 9.59 Å². The zero-order valence-electron chi connectivity index (χ0n) is 16.1. The zero-order valence-corrected chi connectivity index (χ0v) is 16.9. The maximum atomic E-state index is 12.5. The first-order valence-electron chi connectivity index (χ1n) is 9.74. The SMILES string of the molecule is Cn1c(C(=O)NCC(=O)N2CCC(Cc3ccccc3)CC2)cc2sccc21. The Morgan fingerprint density at radius 1 is 1.14 bits per heavy atom. The maximum Gasteiger partial charge on any atom is 0.268 e. The fraction of sp³-hybridized carbons (Fsp3) is 0.364. The summed E-state index contributed by atoms with van der Waals surface area (Å²) in [6.07, 6.45) is 3.11. The average Bonchev–Trinajstić information content (AvgIpc) is 3.30. The van der Waals surface area contributed by atoms with Crippen molar-refractivity contribution in [3.05, 3.63) is 59.1 Å². The lowest BCUT2D eigenvalue weighted by Crippen LogP contribution is -2.44. The van der Waals surface area contributed by atoms with Crippen LogP contribution in [-0.2, 0) is 18.3 Å². The number of aryl methyl sites for hydroxylation is 1. The summed E-state index contributed by atoms with van der Waals surface area (Å²) in [5.41, 5.74) is 3.00. The predicted octanol–water partition coefficient (Wildman–Crippen LogP) is 3.45. The highest BCUT2D eigenvalue weighted by molar-refractivity contribution is 7.17. The van der Waals surface area contributed by atoms with Gasteiger partial charge in [-0.05, 0) is 48.3 Å². The van der Waals surface area contributed by atoms with Gasteiger partial charge < -0.3 is 14.8 Å². The Hall–Kier alpha value is -2.60. The van der Waals surface area contributed by atoms with E-state index in [0.717, 1.165) is 42.6 Å². The summed E-state index contributed by atoms with van der Waals surface area (Å²) < 4.78 is 2.96. The van der Waals surface area contributed by atoms with Crippen LogP contribution in [0.15, 0.2) is 47.8 Å². The van der Waals surface area contributed by atoms with Gasteiger partial charge in [0.15, 0.2) is 0 Å². The van der Waals surface area contributed by atoms with Gasteiger partial charge in [-0.15, -0.1) is 11.3 Å². The molecule has 0 radical (unpaired) electrons. The van der Waals surface area contributed by atoms with Crippen LogP contribution in [0.1, 0.15) is 28.9 Å². The summed E-state index contributed by atoms with van der Waals surface area (Å²) >= 11 is 1.61. The third-order valence-corrected chi connectivity index (χ3v) is 6.48. The molecule has 0 atom stereocenters. The second-order valence-corrected chi connectivity index (χ2v) is 8.40. The largest absolute Gasteiger partial charge is 0.342 e. The first-order chi connectivity index (χ1) is 13.6. The van der Waals surface area contributed by atoms with Crippen molar-refractivity contribution >= 4 is 33.4 Å². The van der Waals surface area contributed by atoms with Crippen LogP contribution in [0, 0.1) is 5.92 Å². The minimum absolute atomic E-state index is 0.00234. The van der Waals surface area contributed by atoms with Gasteiger partial charge in [-0.1, -0.05) is 30.3 Å². The highest BCUT2D eigenvalue weighted by atomic mass is 32.1. The van der Waals surface area contributed by atoms with Crippen molar-refractivity contribution in [2.45, 2.75) is 19.3 Å². The van der Waals surface area contributed by atoms with Crippen molar-refractivity contribution in [3.63, 3.8) is 0 Å². The Labute approximate surface area is 169 Å². The molecule has 0 unspecified atom stereocenters. The number of piperidine rings is 1. The molecule has 2 aromatic heterocycles. The summed E-state index contributed by atoms with van der Waals surface area (Å²) in [6.45, 7) is 1.60. The van der Waals surface area contributed by atoms with Crippen LogP contribution in [-0.4, -0.2) is 40.9 Å². The van der Waals surface area contributed by atoms with Crippen LogP contribution in [0.3, 0.4) is 0 Å². The van der Waals surface area contributed by atoms with Gasteiger partial charge in [0.2, 0.25) is 5.91 Å². The molecule has 146 valence electrons. The molecular weight excluding hydrogens is 370 g/mol. The third kappa shape index (κ3) is 3.97. The van der Waals surface area contributed by atoms with Crippen LogP contribution < -0.4 is 5.32 Å². The second kappa shape index (κ2) is 8.19. The Balaban J connectivity index is 1.26. The van der Waals surface area contributed by atoms with Crippen LogP contribution in [0.2, 0.25) is 0 Å². The summed E-state index contributed by atoms with van der Waals surface area (Å²) in [7, 11) is 1.88. The number of hydrogen-bond acceptors (Lipinski definition) is 3. The lowest BCUT2D eigenvalue weighted by molar-refractivity contribution is -0.131. The number of likely N-dealkylation sites (tertiary alicyclic amines) is 1. The quantitative estimate of drug-likeness (QED) is 0.719. The molecule has 1 aliphatic heterocycles. The van der Waals surface area contributed by atoms with E-state index in [1.807, 2.05) is 40.1 Å². The van der Waals surface area contributed by atoms with Gasteiger partial charge in [-0.2, -0.15) is 0 Å². The van der Waals surface area contributed by atoms with Crippen LogP contribution >= 0.6 is 11.3 Å². The van der Waals surface area contributed by atoms with E-state index < -0.39 is 0 Å². The molecule has 0 bridgehead atoms. The number of carbonyl (C=O) groups excluding carboxylic acids is 2. The van der Waals surface area contributed by atoms with E-state index in [0.29, 0.717) is 11.6 Å². The van der Waals surface area contributed by atoms with Crippen molar-refractivity contribution in [2.24, 2.45) is 13.0 Å². The Bertz CT molecular complexity index is 968. The number of rotatable bonds is 5. The number of aromatic nitrogens is 1. The molecule has 0 aliphatic carbocycles. The number of carbonyl (C=O) groups is 2. The molecule has 0 saturated carbocycles. The minimum Gasteiger partial charge on any atom is -0.342 e. The lowest BCUT2D eigenvalue weighted by Gasteiger charge is -2.32. The molecule has 1 N–H and O–H groups in total. The van der Waals surface area contributed by atoms with Gasteiger partial charge >= 0.3 is 0 Å². The standard InChI is InChI=1S/C22H25N3O2S/c1-24-18-9-12-28-20(18)14-19(24)22(27)23-15-21(26)25-10-7-17(8-11-25)13-16-5-3-2-4-6-16/h2-6,9,12,14,17H,7-8,10-11,13,15H2,1H3,(H,23,27). The molecule has 1 saturated heterocycles. The zero-order chi connectivity index (χ0) is 19.5. The first kappa shape index (κ1) is 18.7. The molecule has 4 rings (SSSR count). The summed E-state index contributed by atoms with van der Waals surface area (Å²) in [5, 5.41) is 4.80. The van der Waals surface area contributed by atoms with Gasteiger partial charge in [0, 0.05) is 20.1 Å². The molecule has 3 heterocycles. The Morgan fingerprint density at radius 2 is 1.89 bits per heavy atom. The van der Waals surface area contributed by atoms with Crippen molar-refractivity contribution in [2.75, 3.05) is 19.6 Å². The van der Waals surface area contributed by atoms with E-state index >= 15 is 0 Å². The molecule has 3 aromatic rings. The van der Waals surface area contributed by atoms with E-state index in [4.69, 9.17) is 0 Å². The van der Waals surface area contributed by atoms with Gasteiger partial charge in [-0.25, -0.2) is 0 Å². The Kier molecular flexibility index (Phi) is 5.48. The predicted molar refractivity (Wildman–Crippen MR) is 113 cm³/mol. The molecular formula is C22H25N3O2S. The minimum atomic E-state index is -0.196. The number of hydrogen-bond donors (Lipinski definition) is 1. The van der Waals surface area contributed by atoms with Crippen LogP contribution in [0.5, 0.6) is 0 Å². The van der Waals surface area contributed by atoms with Gasteiger partial charge in [0.1, 0.15) is 5.69 Å². The number of fused-ring (bicyclic) bond motifs is 1. The van der Waals surface area contributed by atoms with Crippen LogP contribution in [0.25, 0.3) is 10.2 Å². The highest BCUT2D eigenvalue weighted by Crippen LogP contribution is 2.24. The molecule has 28 heavy (non-hydrogen) atoms. The van der Waals surface area contributed by atoms with E-state index in [9.17, 15) is 9.59 Å². The van der Waals surface area contributed by atoms with E-state index in [-0.39, 0.29) is 18.4 Å². The molecule has 1 fully saturated rings. The summed E-state index contributed by atoms with van der Waals surface area (Å²) in [4.78, 5) is 26.9. The van der Waals surface area contributed by atoms with E-state index in [1.165, 1.54) is 5.56 Å². The normalized spacial score (nSPS) is 15.1. The summed E-state index contributed by atoms with van der Waals surface area (Å²) in [6, 6.07) is 14.4. The molecule has 0 spiro atoms. The number of amides is 2. The lowest BCUT2D eigenvalue weighted by atomic mass is 9.90. The second-order valence-electron chi connectivity index (χ2n) is 7.46. The van der Waals surface area contributed by atoms with Crippen LogP contribution in [0.4, 0.5) is 0 Å². The maximum absolute atomic E-state index is 12.5. The monoisotopic (exact) mass is 395 g/mol. The third-order valence-electron chi connectivity index (χ3n) is 5.63. The van der Waals surface area contributed by atoms with E-state index in [2.05, 4.69) is 29.6 Å². The summed E-state index contributed by atoms with van der Waals surface area (Å²) in [5.74, 6) is 0.429. The topological polar surface area (TPSA) is 54.3 Å². The van der Waals surface area contributed by atoms with Crippen molar-refractivity contribution in [1.82, 2.24) is 14.8 Å². The van der Waals surface area contributed by atoms with Crippen molar-refractivity contribution in [3.8, 4) is 0 Å². The molecule has 1 aromatic carbocycles. The fourth-order valence-electron chi connectivity index (χ4n) is 3.96. The highest BCUT2D eigenvalue weighted by Gasteiger charge is 2.23. The molecule has 6 heteroatoms.